The zero-order chi connectivity index (χ0) is 57.2. The quantitative estimate of drug-likeness (QED) is 0.0212. The molecular weight excluding hydrogens is 988 g/mol. The SMILES string of the molecule is CCCCC/C=C\C/C=C\CCCCCCCCCCCCCC(=O)NC(COP(=O)([O-])OCC[N+](C)(C)C)C(/C=C/CCCCCCCCCCCC)OC(=O)CCCCCCCCCCC/C=C\C/C=C\CCCCC. The van der Waals surface area contributed by atoms with E-state index in [4.69, 9.17) is 13.8 Å². The number of hydrogen-bond acceptors (Lipinski definition) is 7. The van der Waals surface area contributed by atoms with E-state index in [1.165, 1.54) is 199 Å². The van der Waals surface area contributed by atoms with Gasteiger partial charge in [-0.2, -0.15) is 0 Å². The van der Waals surface area contributed by atoms with Gasteiger partial charge < -0.3 is 28.5 Å². The Morgan fingerprint density at radius 2 is 0.782 bits per heavy atom. The minimum Gasteiger partial charge on any atom is -0.756 e. The van der Waals surface area contributed by atoms with Crippen molar-refractivity contribution in [2.75, 3.05) is 40.9 Å². The van der Waals surface area contributed by atoms with Crippen LogP contribution in [0.3, 0.4) is 0 Å². The van der Waals surface area contributed by atoms with Gasteiger partial charge in [-0.3, -0.25) is 14.2 Å². The summed E-state index contributed by atoms with van der Waals surface area (Å²) < 4.78 is 30.4. The number of quaternary nitrogens is 1. The fraction of sp³-hybridized carbons (Fsp3) is 0.824. The Labute approximate surface area is 483 Å². The second-order valence-electron chi connectivity index (χ2n) is 23.6. The maximum absolute atomic E-state index is 13.6. The van der Waals surface area contributed by atoms with E-state index in [2.05, 4.69) is 74.7 Å². The van der Waals surface area contributed by atoms with Crippen LogP contribution in [0.2, 0.25) is 0 Å². The van der Waals surface area contributed by atoms with Crippen LogP contribution in [0.25, 0.3) is 0 Å². The molecule has 456 valence electrons. The highest BCUT2D eigenvalue weighted by Crippen LogP contribution is 2.38. The highest BCUT2D eigenvalue weighted by atomic mass is 31.2. The average Bonchev–Trinajstić information content (AvgIpc) is 3.40. The summed E-state index contributed by atoms with van der Waals surface area (Å²) in [5.74, 6) is -0.540. The van der Waals surface area contributed by atoms with Gasteiger partial charge in [-0.25, -0.2) is 0 Å². The summed E-state index contributed by atoms with van der Waals surface area (Å²) in [5, 5.41) is 3.04. The van der Waals surface area contributed by atoms with Crippen molar-refractivity contribution < 1.29 is 37.3 Å². The van der Waals surface area contributed by atoms with E-state index in [1.54, 1.807) is 0 Å². The van der Waals surface area contributed by atoms with Crippen molar-refractivity contribution in [2.24, 2.45) is 0 Å². The van der Waals surface area contributed by atoms with Crippen LogP contribution >= 0.6 is 7.82 Å². The molecule has 10 heteroatoms. The van der Waals surface area contributed by atoms with Crippen molar-refractivity contribution in [3.8, 4) is 0 Å². The largest absolute Gasteiger partial charge is 0.756 e. The van der Waals surface area contributed by atoms with Gasteiger partial charge in [0.05, 0.1) is 33.8 Å². The van der Waals surface area contributed by atoms with Crippen molar-refractivity contribution in [1.29, 1.82) is 0 Å². The van der Waals surface area contributed by atoms with Crippen LogP contribution in [0.5, 0.6) is 0 Å². The van der Waals surface area contributed by atoms with E-state index in [1.807, 2.05) is 33.3 Å². The Balaban J connectivity index is 5.17. The van der Waals surface area contributed by atoms with Gasteiger partial charge >= 0.3 is 5.97 Å². The van der Waals surface area contributed by atoms with E-state index in [0.29, 0.717) is 17.4 Å². The molecule has 0 saturated heterocycles. The number of phosphoric ester groups is 1. The number of hydrogen-bond donors (Lipinski definition) is 1. The molecule has 78 heavy (non-hydrogen) atoms. The Bertz CT molecular complexity index is 1520. The molecular formula is C68H127N2O7P. The molecule has 0 radical (unpaired) electrons. The molecule has 0 spiro atoms. The summed E-state index contributed by atoms with van der Waals surface area (Å²) in [6, 6.07) is -0.892. The van der Waals surface area contributed by atoms with Crippen molar-refractivity contribution in [2.45, 2.75) is 322 Å². The van der Waals surface area contributed by atoms with Crippen LogP contribution < -0.4 is 10.2 Å². The van der Waals surface area contributed by atoms with E-state index >= 15 is 0 Å². The first-order valence-electron chi connectivity index (χ1n) is 33.1. The summed E-state index contributed by atoms with van der Waals surface area (Å²) in [6.45, 7) is 6.82. The second-order valence-corrected chi connectivity index (χ2v) is 25.0. The van der Waals surface area contributed by atoms with Gasteiger partial charge in [0.1, 0.15) is 19.3 Å². The Kier molecular flexibility index (Phi) is 56.2. The average molecular weight is 1120 g/mol. The smallest absolute Gasteiger partial charge is 0.306 e. The fourth-order valence-electron chi connectivity index (χ4n) is 9.52. The lowest BCUT2D eigenvalue weighted by Crippen LogP contribution is -2.47. The van der Waals surface area contributed by atoms with Gasteiger partial charge in [0.15, 0.2) is 0 Å². The first kappa shape index (κ1) is 75.7. The number of phosphoric acid groups is 1. The molecule has 9 nitrogen and oxygen atoms in total. The molecule has 3 unspecified atom stereocenters. The first-order chi connectivity index (χ1) is 37.9. The summed E-state index contributed by atoms with van der Waals surface area (Å²) in [7, 11) is 1.18. The lowest BCUT2D eigenvalue weighted by molar-refractivity contribution is -0.870. The van der Waals surface area contributed by atoms with Crippen LogP contribution in [-0.4, -0.2) is 69.4 Å². The molecule has 0 heterocycles. The molecule has 0 fully saturated rings. The molecule has 0 rings (SSSR count). The van der Waals surface area contributed by atoms with Gasteiger partial charge in [-0.1, -0.05) is 262 Å². The van der Waals surface area contributed by atoms with Crippen LogP contribution in [0.1, 0.15) is 310 Å². The van der Waals surface area contributed by atoms with E-state index in [-0.39, 0.29) is 31.5 Å². The third kappa shape index (κ3) is 58.4. The molecule has 3 atom stereocenters. The number of likely N-dealkylation sites (N-methyl/N-ethyl adjacent to an activating group) is 1. The van der Waals surface area contributed by atoms with Gasteiger partial charge in [0, 0.05) is 12.8 Å². The monoisotopic (exact) mass is 1110 g/mol. The molecule has 0 aliphatic rings. The number of nitrogens with one attached hydrogen (secondary N) is 1. The molecule has 0 bridgehead atoms. The highest BCUT2D eigenvalue weighted by Gasteiger charge is 2.27. The molecule has 1 N–H and O–H groups in total. The molecule has 0 aliphatic carbocycles. The van der Waals surface area contributed by atoms with Crippen molar-refractivity contribution >= 4 is 19.7 Å². The van der Waals surface area contributed by atoms with Crippen LogP contribution in [-0.2, 0) is 27.9 Å². The van der Waals surface area contributed by atoms with Crippen LogP contribution in [0.15, 0.2) is 60.8 Å². The predicted octanol–water partition coefficient (Wildman–Crippen LogP) is 20.0. The molecule has 0 saturated carbocycles. The van der Waals surface area contributed by atoms with E-state index < -0.39 is 20.0 Å². The Hall–Kier alpha value is -2.29. The lowest BCUT2D eigenvalue weighted by Gasteiger charge is -2.30. The number of nitrogens with zero attached hydrogens (tertiary/aromatic N) is 1. The van der Waals surface area contributed by atoms with Gasteiger partial charge in [0.2, 0.25) is 5.91 Å². The summed E-state index contributed by atoms with van der Waals surface area (Å²) in [6.07, 6.45) is 73.2. The molecule has 1 amide bonds. The Morgan fingerprint density at radius 1 is 0.449 bits per heavy atom. The molecule has 0 aromatic heterocycles. The predicted molar refractivity (Wildman–Crippen MR) is 335 cm³/mol. The minimum atomic E-state index is -4.70. The number of carbonyl (C=O) groups excluding carboxylic acids is 2. The zero-order valence-corrected chi connectivity index (χ0v) is 53.0. The molecule has 0 aromatic carbocycles. The van der Waals surface area contributed by atoms with Crippen molar-refractivity contribution in [3.63, 3.8) is 0 Å². The second kappa shape index (κ2) is 57.9. The van der Waals surface area contributed by atoms with Crippen LogP contribution in [0.4, 0.5) is 0 Å². The highest BCUT2D eigenvalue weighted by molar-refractivity contribution is 7.45. The fourth-order valence-corrected chi connectivity index (χ4v) is 10.2. The van der Waals surface area contributed by atoms with E-state index in [9.17, 15) is 19.0 Å². The third-order valence-electron chi connectivity index (χ3n) is 14.7. The molecule has 0 aliphatic heterocycles. The summed E-state index contributed by atoms with van der Waals surface area (Å²) in [4.78, 5) is 40.1. The third-order valence-corrected chi connectivity index (χ3v) is 15.6. The maximum atomic E-state index is 13.6. The van der Waals surface area contributed by atoms with Gasteiger partial charge in [-0.05, 0) is 96.0 Å². The minimum absolute atomic E-state index is 0.0238. The summed E-state index contributed by atoms with van der Waals surface area (Å²) in [5.41, 5.74) is 0. The lowest BCUT2D eigenvalue weighted by atomic mass is 10.0. The summed E-state index contributed by atoms with van der Waals surface area (Å²) >= 11 is 0. The number of carbonyl (C=O) groups is 2. The van der Waals surface area contributed by atoms with Gasteiger partial charge in [-0.15, -0.1) is 0 Å². The number of allylic oxidation sites excluding steroid dienone is 9. The van der Waals surface area contributed by atoms with Gasteiger partial charge in [0.25, 0.3) is 7.82 Å². The van der Waals surface area contributed by atoms with Crippen molar-refractivity contribution in [1.82, 2.24) is 5.32 Å². The van der Waals surface area contributed by atoms with E-state index in [0.717, 1.165) is 77.0 Å². The number of ether oxygens (including phenoxy) is 1. The number of amides is 1. The maximum Gasteiger partial charge on any atom is 0.306 e. The topological polar surface area (TPSA) is 114 Å². The number of unbranched alkanes of at least 4 members (excludes halogenated alkanes) is 36. The number of rotatable bonds is 60. The van der Waals surface area contributed by atoms with Crippen LogP contribution in [0, 0.1) is 0 Å². The first-order valence-corrected chi connectivity index (χ1v) is 34.6. The number of esters is 1. The van der Waals surface area contributed by atoms with Crippen molar-refractivity contribution in [3.05, 3.63) is 60.8 Å². The molecule has 0 aromatic rings. The zero-order valence-electron chi connectivity index (χ0n) is 52.1. The standard InChI is InChI=1S/C68H127N2O7P/c1-7-10-13-16-19-22-25-28-30-32-34-35-37-38-40-42-45-48-51-54-57-60-67(71)69-65(64-76-78(73,74)75-63-62-70(4,5)6)66(59-56-53-50-47-44-27-24-21-18-15-12-9-3)77-68(72)61-58-55-52-49-46-43-41-39-36-33-31-29-26-23-20-17-14-11-8-2/h19-20,22-23,28-31,56,59,65-66H,7-18,21,24-27,32-55,57-58,60-64H2,1-6H3,(H-,69,71,73,74)/b22-19-,23-20-,30-28-,31-29-,59-56+. The Morgan fingerprint density at radius 3 is 1.18 bits per heavy atom. The normalized spacial score (nSPS) is 14.0.